The standard InChI is InChI=1S/C21H32N4O/c1-15-19(16(2)24-23-15)14-22-20(26)21(25-10-6-3-7-11-25)12-17-8-4-5-9-18(17)13-21/h4-5,8-9,15-16,19,23-24H,3,6-7,10-14H2,1-2H3,(H,22,26). The molecule has 4 rings (SSSR count). The van der Waals surface area contributed by atoms with E-state index in [1.165, 1.54) is 30.4 Å². The first-order valence-corrected chi connectivity index (χ1v) is 10.2. The van der Waals surface area contributed by atoms with Gasteiger partial charge < -0.3 is 5.32 Å². The SMILES string of the molecule is CC1NNC(C)C1CNC(=O)C1(N2CCCCC2)Cc2ccccc2C1. The molecule has 2 saturated heterocycles. The lowest BCUT2D eigenvalue weighted by molar-refractivity contribution is -0.134. The first kappa shape index (κ1) is 18.0. The lowest BCUT2D eigenvalue weighted by Crippen LogP contribution is -2.61. The van der Waals surface area contributed by atoms with Crippen LogP contribution in [0.3, 0.4) is 0 Å². The normalized spacial score (nSPS) is 30.9. The van der Waals surface area contributed by atoms with Gasteiger partial charge in [0.25, 0.3) is 0 Å². The highest BCUT2D eigenvalue weighted by atomic mass is 16.2. The molecule has 1 aromatic carbocycles. The van der Waals surface area contributed by atoms with E-state index in [0.717, 1.165) is 32.5 Å². The molecular weight excluding hydrogens is 324 g/mol. The Morgan fingerprint density at radius 3 is 2.23 bits per heavy atom. The summed E-state index contributed by atoms with van der Waals surface area (Å²) in [7, 11) is 0. The van der Waals surface area contributed by atoms with Gasteiger partial charge in [0.2, 0.25) is 5.91 Å². The summed E-state index contributed by atoms with van der Waals surface area (Å²) in [5.41, 5.74) is 8.88. The Labute approximate surface area is 156 Å². The highest BCUT2D eigenvalue weighted by Crippen LogP contribution is 2.36. The summed E-state index contributed by atoms with van der Waals surface area (Å²) < 4.78 is 0. The molecule has 0 radical (unpaired) electrons. The fourth-order valence-corrected chi connectivity index (χ4v) is 5.08. The predicted octanol–water partition coefficient (Wildman–Crippen LogP) is 1.63. The Bertz CT molecular complexity index is 620. The number of rotatable bonds is 4. The quantitative estimate of drug-likeness (QED) is 0.768. The smallest absolute Gasteiger partial charge is 0.241 e. The molecule has 5 nitrogen and oxygen atoms in total. The van der Waals surface area contributed by atoms with Crippen molar-refractivity contribution in [2.45, 2.75) is 63.6 Å². The lowest BCUT2D eigenvalue weighted by atomic mass is 9.89. The van der Waals surface area contributed by atoms with Crippen molar-refractivity contribution < 1.29 is 4.79 Å². The van der Waals surface area contributed by atoms with Gasteiger partial charge in [-0.3, -0.25) is 20.5 Å². The van der Waals surface area contributed by atoms with Crippen molar-refractivity contribution in [1.82, 2.24) is 21.1 Å². The summed E-state index contributed by atoms with van der Waals surface area (Å²) in [6, 6.07) is 9.34. The third kappa shape index (κ3) is 3.17. The largest absolute Gasteiger partial charge is 0.354 e. The molecule has 5 heteroatoms. The van der Waals surface area contributed by atoms with E-state index in [2.05, 4.69) is 59.2 Å². The van der Waals surface area contributed by atoms with Crippen molar-refractivity contribution in [3.05, 3.63) is 35.4 Å². The lowest BCUT2D eigenvalue weighted by Gasteiger charge is -2.42. The van der Waals surface area contributed by atoms with Crippen LogP contribution in [0, 0.1) is 5.92 Å². The Kier molecular flexibility index (Phi) is 5.04. The van der Waals surface area contributed by atoms with E-state index in [4.69, 9.17) is 0 Å². The maximum absolute atomic E-state index is 13.5. The minimum atomic E-state index is -0.393. The zero-order valence-corrected chi connectivity index (χ0v) is 16.1. The average Bonchev–Trinajstić information content (AvgIpc) is 3.22. The van der Waals surface area contributed by atoms with Gasteiger partial charge in [-0.05, 0) is 50.9 Å². The van der Waals surface area contributed by atoms with Gasteiger partial charge in [-0.2, -0.15) is 0 Å². The average molecular weight is 357 g/mol. The molecule has 2 unspecified atom stereocenters. The molecule has 2 aliphatic heterocycles. The van der Waals surface area contributed by atoms with Gasteiger partial charge in [-0.25, -0.2) is 0 Å². The number of amides is 1. The van der Waals surface area contributed by atoms with Crippen LogP contribution >= 0.6 is 0 Å². The van der Waals surface area contributed by atoms with Crippen molar-refractivity contribution in [2.24, 2.45) is 5.92 Å². The molecule has 0 saturated carbocycles. The van der Waals surface area contributed by atoms with Crippen LogP contribution in [0.5, 0.6) is 0 Å². The van der Waals surface area contributed by atoms with E-state index in [-0.39, 0.29) is 5.91 Å². The van der Waals surface area contributed by atoms with E-state index in [1.54, 1.807) is 0 Å². The second-order valence-electron chi connectivity index (χ2n) is 8.44. The number of nitrogens with zero attached hydrogens (tertiary/aromatic N) is 1. The Hall–Kier alpha value is -1.43. The topological polar surface area (TPSA) is 56.4 Å². The fourth-order valence-electron chi connectivity index (χ4n) is 5.08. The number of carbonyl (C=O) groups is 1. The van der Waals surface area contributed by atoms with Crippen LogP contribution < -0.4 is 16.2 Å². The first-order chi connectivity index (χ1) is 12.6. The molecular formula is C21H32N4O. The van der Waals surface area contributed by atoms with Gasteiger partial charge >= 0.3 is 0 Å². The van der Waals surface area contributed by atoms with Crippen molar-refractivity contribution in [2.75, 3.05) is 19.6 Å². The van der Waals surface area contributed by atoms with Crippen molar-refractivity contribution in [1.29, 1.82) is 0 Å². The molecule has 1 aliphatic carbocycles. The van der Waals surface area contributed by atoms with E-state index < -0.39 is 5.54 Å². The minimum Gasteiger partial charge on any atom is -0.354 e. The van der Waals surface area contributed by atoms with E-state index in [0.29, 0.717) is 18.0 Å². The molecule has 2 heterocycles. The van der Waals surface area contributed by atoms with Crippen molar-refractivity contribution in [3.8, 4) is 0 Å². The zero-order chi connectivity index (χ0) is 18.1. The van der Waals surface area contributed by atoms with Crippen LogP contribution in [0.1, 0.15) is 44.2 Å². The number of hydrazine groups is 1. The molecule has 0 aromatic heterocycles. The Balaban J connectivity index is 1.53. The van der Waals surface area contributed by atoms with E-state index >= 15 is 0 Å². The molecule has 26 heavy (non-hydrogen) atoms. The zero-order valence-electron chi connectivity index (χ0n) is 16.1. The maximum Gasteiger partial charge on any atom is 0.241 e. The Morgan fingerprint density at radius 1 is 1.08 bits per heavy atom. The van der Waals surface area contributed by atoms with Crippen LogP contribution in [0.2, 0.25) is 0 Å². The second-order valence-corrected chi connectivity index (χ2v) is 8.44. The number of piperidine rings is 1. The molecule has 3 aliphatic rings. The first-order valence-electron chi connectivity index (χ1n) is 10.2. The summed E-state index contributed by atoms with van der Waals surface area (Å²) in [6.45, 7) is 7.17. The van der Waals surface area contributed by atoms with Gasteiger partial charge in [0.05, 0.1) is 0 Å². The van der Waals surface area contributed by atoms with Gasteiger partial charge in [0.15, 0.2) is 0 Å². The minimum absolute atomic E-state index is 0.224. The summed E-state index contributed by atoms with van der Waals surface area (Å²) in [5.74, 6) is 0.642. The fraction of sp³-hybridized carbons (Fsp3) is 0.667. The monoisotopic (exact) mass is 356 g/mol. The molecule has 1 amide bonds. The maximum atomic E-state index is 13.5. The van der Waals surface area contributed by atoms with Gasteiger partial charge in [-0.15, -0.1) is 0 Å². The summed E-state index contributed by atoms with van der Waals surface area (Å²) in [4.78, 5) is 16.0. The molecule has 2 fully saturated rings. The van der Waals surface area contributed by atoms with Gasteiger partial charge in [0.1, 0.15) is 5.54 Å². The van der Waals surface area contributed by atoms with Crippen molar-refractivity contribution in [3.63, 3.8) is 0 Å². The summed E-state index contributed by atoms with van der Waals surface area (Å²) >= 11 is 0. The summed E-state index contributed by atoms with van der Waals surface area (Å²) in [5, 5.41) is 3.34. The predicted molar refractivity (Wildman–Crippen MR) is 104 cm³/mol. The molecule has 142 valence electrons. The number of hydrogen-bond acceptors (Lipinski definition) is 4. The third-order valence-corrected chi connectivity index (χ3v) is 6.79. The highest BCUT2D eigenvalue weighted by Gasteiger charge is 2.48. The number of nitrogens with one attached hydrogen (secondary N) is 3. The van der Waals surface area contributed by atoms with Gasteiger partial charge in [0, 0.05) is 37.4 Å². The number of hydrogen-bond donors (Lipinski definition) is 3. The third-order valence-electron chi connectivity index (χ3n) is 6.79. The van der Waals surface area contributed by atoms with Crippen LogP contribution in [0.4, 0.5) is 0 Å². The highest BCUT2D eigenvalue weighted by molar-refractivity contribution is 5.88. The van der Waals surface area contributed by atoms with E-state index in [1.807, 2.05) is 0 Å². The molecule has 0 bridgehead atoms. The van der Waals surface area contributed by atoms with E-state index in [9.17, 15) is 4.79 Å². The number of benzene rings is 1. The summed E-state index contributed by atoms with van der Waals surface area (Å²) in [6.07, 6.45) is 5.39. The van der Waals surface area contributed by atoms with Crippen LogP contribution in [-0.4, -0.2) is 48.1 Å². The van der Waals surface area contributed by atoms with Crippen LogP contribution in [0.25, 0.3) is 0 Å². The molecule has 0 spiro atoms. The second kappa shape index (κ2) is 7.29. The van der Waals surface area contributed by atoms with Gasteiger partial charge in [-0.1, -0.05) is 30.7 Å². The number of fused-ring (bicyclic) bond motifs is 1. The van der Waals surface area contributed by atoms with Crippen LogP contribution in [-0.2, 0) is 17.6 Å². The molecule has 1 aromatic rings. The van der Waals surface area contributed by atoms with Crippen molar-refractivity contribution >= 4 is 5.91 Å². The number of carbonyl (C=O) groups excluding carboxylic acids is 1. The molecule has 2 atom stereocenters. The Morgan fingerprint density at radius 2 is 1.65 bits per heavy atom. The molecule has 3 N–H and O–H groups in total. The van der Waals surface area contributed by atoms with Crippen LogP contribution in [0.15, 0.2) is 24.3 Å². The number of likely N-dealkylation sites (tertiary alicyclic amines) is 1.